The third kappa shape index (κ3) is 1.46. The standard InChI is InChI=1S/C8H12BrN3O/c1-5(10)6-7(9)11-12-3-2-4-13-8(6)12/h5H,2-4,10H2,1H3. The highest BCUT2D eigenvalue weighted by atomic mass is 79.9. The number of aromatic nitrogens is 2. The second kappa shape index (κ2) is 3.31. The number of hydrogen-bond acceptors (Lipinski definition) is 3. The van der Waals surface area contributed by atoms with Crippen molar-refractivity contribution < 1.29 is 4.74 Å². The molecule has 1 aliphatic rings. The Kier molecular flexibility index (Phi) is 2.29. The van der Waals surface area contributed by atoms with Gasteiger partial charge < -0.3 is 10.5 Å². The molecule has 13 heavy (non-hydrogen) atoms. The highest BCUT2D eigenvalue weighted by molar-refractivity contribution is 9.10. The molecular weight excluding hydrogens is 234 g/mol. The summed E-state index contributed by atoms with van der Waals surface area (Å²) in [4.78, 5) is 0. The maximum atomic E-state index is 5.82. The number of hydrogen-bond donors (Lipinski definition) is 1. The molecule has 5 heteroatoms. The highest BCUT2D eigenvalue weighted by Crippen LogP contribution is 2.32. The van der Waals surface area contributed by atoms with E-state index in [1.165, 1.54) is 0 Å². The molecule has 2 heterocycles. The van der Waals surface area contributed by atoms with Gasteiger partial charge in [0.2, 0.25) is 5.88 Å². The molecular formula is C8H12BrN3O. The van der Waals surface area contributed by atoms with E-state index in [2.05, 4.69) is 21.0 Å². The number of halogens is 1. The average Bonchev–Trinajstić information content (AvgIpc) is 2.39. The van der Waals surface area contributed by atoms with Gasteiger partial charge in [0.05, 0.1) is 12.2 Å². The molecule has 2 N–H and O–H groups in total. The van der Waals surface area contributed by atoms with Gasteiger partial charge in [0.15, 0.2) is 0 Å². The van der Waals surface area contributed by atoms with Crippen molar-refractivity contribution in [1.29, 1.82) is 0 Å². The Labute approximate surface area is 85.2 Å². The lowest BCUT2D eigenvalue weighted by atomic mass is 10.2. The summed E-state index contributed by atoms with van der Waals surface area (Å²) in [6.45, 7) is 3.61. The molecule has 1 atom stereocenters. The SMILES string of the molecule is CC(N)c1c(Br)nn2c1OCCC2. The van der Waals surface area contributed by atoms with E-state index in [-0.39, 0.29) is 6.04 Å². The number of nitrogens with zero attached hydrogens (tertiary/aromatic N) is 2. The van der Waals surface area contributed by atoms with Crippen LogP contribution in [0.25, 0.3) is 0 Å². The first-order valence-corrected chi connectivity index (χ1v) is 5.14. The number of rotatable bonds is 1. The summed E-state index contributed by atoms with van der Waals surface area (Å²) < 4.78 is 8.20. The van der Waals surface area contributed by atoms with Crippen molar-refractivity contribution in [2.45, 2.75) is 25.9 Å². The highest BCUT2D eigenvalue weighted by Gasteiger charge is 2.22. The summed E-state index contributed by atoms with van der Waals surface area (Å²) in [5, 5.41) is 4.30. The van der Waals surface area contributed by atoms with E-state index in [9.17, 15) is 0 Å². The Hall–Kier alpha value is -0.550. The van der Waals surface area contributed by atoms with Crippen LogP contribution in [0.1, 0.15) is 24.9 Å². The number of nitrogens with two attached hydrogens (primary N) is 1. The molecule has 0 aliphatic carbocycles. The van der Waals surface area contributed by atoms with E-state index in [0.717, 1.165) is 35.6 Å². The van der Waals surface area contributed by atoms with Gasteiger partial charge in [-0.05, 0) is 22.9 Å². The van der Waals surface area contributed by atoms with Crippen molar-refractivity contribution in [2.75, 3.05) is 6.61 Å². The van der Waals surface area contributed by atoms with E-state index < -0.39 is 0 Å². The predicted octanol–water partition coefficient (Wildman–Crippen LogP) is 1.45. The summed E-state index contributed by atoms with van der Waals surface area (Å²) in [5.41, 5.74) is 6.79. The monoisotopic (exact) mass is 245 g/mol. The van der Waals surface area contributed by atoms with E-state index >= 15 is 0 Å². The molecule has 1 aromatic heterocycles. The van der Waals surface area contributed by atoms with Gasteiger partial charge in [-0.15, -0.1) is 0 Å². The van der Waals surface area contributed by atoms with E-state index in [4.69, 9.17) is 10.5 Å². The van der Waals surface area contributed by atoms with Gasteiger partial charge in [0, 0.05) is 19.0 Å². The van der Waals surface area contributed by atoms with Gasteiger partial charge in [-0.25, -0.2) is 4.68 Å². The fraction of sp³-hybridized carbons (Fsp3) is 0.625. The lowest BCUT2D eigenvalue weighted by Crippen LogP contribution is -2.16. The van der Waals surface area contributed by atoms with Crippen molar-refractivity contribution in [1.82, 2.24) is 9.78 Å². The van der Waals surface area contributed by atoms with Crippen molar-refractivity contribution in [3.63, 3.8) is 0 Å². The second-order valence-corrected chi connectivity index (χ2v) is 3.97. The molecule has 0 amide bonds. The van der Waals surface area contributed by atoms with Crippen LogP contribution in [0.5, 0.6) is 5.88 Å². The predicted molar refractivity (Wildman–Crippen MR) is 52.6 cm³/mol. The fourth-order valence-corrected chi connectivity index (χ4v) is 2.22. The van der Waals surface area contributed by atoms with Gasteiger partial charge in [-0.1, -0.05) is 0 Å². The Morgan fingerprint density at radius 3 is 3.15 bits per heavy atom. The first-order chi connectivity index (χ1) is 6.20. The summed E-state index contributed by atoms with van der Waals surface area (Å²) in [6.07, 6.45) is 1.01. The normalized spacial score (nSPS) is 17.8. The summed E-state index contributed by atoms with van der Waals surface area (Å²) in [7, 11) is 0. The van der Waals surface area contributed by atoms with Crippen LogP contribution in [0.3, 0.4) is 0 Å². The van der Waals surface area contributed by atoms with Crippen molar-refractivity contribution in [3.8, 4) is 5.88 Å². The van der Waals surface area contributed by atoms with Gasteiger partial charge in [-0.2, -0.15) is 5.10 Å². The van der Waals surface area contributed by atoms with E-state index in [1.807, 2.05) is 11.6 Å². The topological polar surface area (TPSA) is 53.1 Å². The van der Waals surface area contributed by atoms with Crippen molar-refractivity contribution >= 4 is 15.9 Å². The minimum Gasteiger partial charge on any atom is -0.477 e. The third-order valence-corrected chi connectivity index (χ3v) is 2.69. The van der Waals surface area contributed by atoms with Crippen LogP contribution in [0.15, 0.2) is 4.60 Å². The number of aryl methyl sites for hydroxylation is 1. The van der Waals surface area contributed by atoms with Gasteiger partial charge >= 0.3 is 0 Å². The number of ether oxygens (including phenoxy) is 1. The molecule has 0 fully saturated rings. The Morgan fingerprint density at radius 1 is 1.69 bits per heavy atom. The maximum Gasteiger partial charge on any atom is 0.217 e. The number of fused-ring (bicyclic) bond motifs is 1. The van der Waals surface area contributed by atoms with Crippen LogP contribution in [0.2, 0.25) is 0 Å². The molecule has 0 saturated carbocycles. The van der Waals surface area contributed by atoms with E-state index in [1.54, 1.807) is 0 Å². The lowest BCUT2D eigenvalue weighted by Gasteiger charge is -2.16. The van der Waals surface area contributed by atoms with Crippen LogP contribution in [0.4, 0.5) is 0 Å². The lowest BCUT2D eigenvalue weighted by molar-refractivity contribution is 0.227. The zero-order valence-electron chi connectivity index (χ0n) is 7.46. The molecule has 4 nitrogen and oxygen atoms in total. The zero-order chi connectivity index (χ0) is 9.42. The molecule has 1 aliphatic heterocycles. The van der Waals surface area contributed by atoms with Gasteiger partial charge in [-0.3, -0.25) is 0 Å². The molecule has 0 bridgehead atoms. The quantitative estimate of drug-likeness (QED) is 0.815. The minimum atomic E-state index is -0.0452. The molecule has 72 valence electrons. The second-order valence-electron chi connectivity index (χ2n) is 3.22. The zero-order valence-corrected chi connectivity index (χ0v) is 9.04. The first kappa shape index (κ1) is 9.02. The average molecular weight is 246 g/mol. The van der Waals surface area contributed by atoms with Gasteiger partial charge in [0.1, 0.15) is 4.60 Å². The van der Waals surface area contributed by atoms with Crippen LogP contribution in [-0.2, 0) is 6.54 Å². The first-order valence-electron chi connectivity index (χ1n) is 4.34. The molecule has 1 unspecified atom stereocenters. The summed E-state index contributed by atoms with van der Waals surface area (Å²) in [6, 6.07) is -0.0452. The summed E-state index contributed by atoms with van der Waals surface area (Å²) in [5.74, 6) is 0.827. The maximum absolute atomic E-state index is 5.82. The Balaban J connectivity index is 2.48. The molecule has 0 radical (unpaired) electrons. The smallest absolute Gasteiger partial charge is 0.217 e. The molecule has 0 aromatic carbocycles. The van der Waals surface area contributed by atoms with Crippen LogP contribution >= 0.6 is 15.9 Å². The van der Waals surface area contributed by atoms with Crippen LogP contribution < -0.4 is 10.5 Å². The van der Waals surface area contributed by atoms with Crippen molar-refractivity contribution in [3.05, 3.63) is 10.2 Å². The molecule has 1 aromatic rings. The van der Waals surface area contributed by atoms with Crippen molar-refractivity contribution in [2.24, 2.45) is 5.73 Å². The van der Waals surface area contributed by atoms with E-state index in [0.29, 0.717) is 0 Å². The molecule has 2 rings (SSSR count). The Morgan fingerprint density at radius 2 is 2.46 bits per heavy atom. The van der Waals surface area contributed by atoms with Crippen LogP contribution in [-0.4, -0.2) is 16.4 Å². The Bertz CT molecular complexity index is 321. The molecule has 0 saturated heterocycles. The third-order valence-electron chi connectivity index (χ3n) is 2.10. The van der Waals surface area contributed by atoms with Gasteiger partial charge in [0.25, 0.3) is 0 Å². The summed E-state index contributed by atoms with van der Waals surface area (Å²) >= 11 is 3.39. The minimum absolute atomic E-state index is 0.0452. The van der Waals surface area contributed by atoms with Crippen LogP contribution in [0, 0.1) is 0 Å². The largest absolute Gasteiger partial charge is 0.477 e. The molecule has 0 spiro atoms. The fourth-order valence-electron chi connectivity index (χ4n) is 1.50.